The molecule has 1 unspecified atom stereocenters. The fourth-order valence-electron chi connectivity index (χ4n) is 2.19. The number of Topliss-reactive ketones (excluding diaryl/α,β-unsaturated/α-hetero) is 1. The van der Waals surface area contributed by atoms with Gasteiger partial charge in [0.25, 0.3) is 0 Å². The second-order valence-electron chi connectivity index (χ2n) is 5.20. The smallest absolute Gasteiger partial charge is 0.152 e. The van der Waals surface area contributed by atoms with Crippen LogP contribution in [0.3, 0.4) is 0 Å². The number of nitriles is 1. The molecule has 3 heteroatoms. The minimum absolute atomic E-state index is 0.0535. The van der Waals surface area contributed by atoms with Gasteiger partial charge >= 0.3 is 0 Å². The number of carbonyl (C=O) groups is 1. The summed E-state index contributed by atoms with van der Waals surface area (Å²) in [6.07, 6.45) is 4.11. The van der Waals surface area contributed by atoms with Gasteiger partial charge in [-0.3, -0.25) is 4.79 Å². The van der Waals surface area contributed by atoms with Gasteiger partial charge < -0.3 is 4.74 Å². The average molecular weight is 223 g/mol. The first-order valence-corrected chi connectivity index (χ1v) is 6.00. The molecule has 16 heavy (non-hydrogen) atoms. The first-order valence-electron chi connectivity index (χ1n) is 6.00. The van der Waals surface area contributed by atoms with Crippen molar-refractivity contribution in [2.75, 3.05) is 7.11 Å². The van der Waals surface area contributed by atoms with Crippen LogP contribution >= 0.6 is 0 Å². The molecule has 0 amide bonds. The highest BCUT2D eigenvalue weighted by Crippen LogP contribution is 2.39. The molecule has 0 bridgehead atoms. The first-order chi connectivity index (χ1) is 7.53. The van der Waals surface area contributed by atoms with Gasteiger partial charge in [0, 0.05) is 13.5 Å². The third-order valence-corrected chi connectivity index (χ3v) is 3.45. The Hall–Kier alpha value is -0.880. The van der Waals surface area contributed by atoms with Crippen molar-refractivity contribution in [1.82, 2.24) is 0 Å². The number of ketones is 1. The Balaban J connectivity index is 2.53. The van der Waals surface area contributed by atoms with Gasteiger partial charge in [0.15, 0.2) is 5.78 Å². The van der Waals surface area contributed by atoms with Gasteiger partial charge in [-0.2, -0.15) is 5.26 Å². The van der Waals surface area contributed by atoms with E-state index in [9.17, 15) is 4.79 Å². The number of hydrogen-bond acceptors (Lipinski definition) is 3. The summed E-state index contributed by atoms with van der Waals surface area (Å²) < 4.78 is 5.41. The van der Waals surface area contributed by atoms with Crippen LogP contribution in [0, 0.1) is 23.2 Å². The fourth-order valence-corrected chi connectivity index (χ4v) is 2.19. The molecule has 0 spiro atoms. The zero-order valence-electron chi connectivity index (χ0n) is 10.5. The van der Waals surface area contributed by atoms with Crippen LogP contribution in [0.5, 0.6) is 0 Å². The molecular weight excluding hydrogens is 202 g/mol. The van der Waals surface area contributed by atoms with E-state index in [0.29, 0.717) is 18.8 Å². The first kappa shape index (κ1) is 13.2. The molecule has 0 N–H and O–H groups in total. The Labute approximate surface area is 97.8 Å². The largest absolute Gasteiger partial charge is 0.378 e. The van der Waals surface area contributed by atoms with Gasteiger partial charge in [0.1, 0.15) is 5.92 Å². The van der Waals surface area contributed by atoms with Crippen LogP contribution < -0.4 is 0 Å². The van der Waals surface area contributed by atoms with Gasteiger partial charge in [-0.15, -0.1) is 0 Å². The molecule has 0 radical (unpaired) electrons. The number of carbonyl (C=O) groups excluding carboxylic acids is 1. The molecule has 0 heterocycles. The lowest BCUT2D eigenvalue weighted by Gasteiger charge is -2.40. The molecule has 90 valence electrons. The standard InChI is InChI=1S/C13H21NO2/c1-10(2)7-11(9-14)12(15)8-13(16-3)5-4-6-13/h10-11H,4-8H2,1-3H3. The SMILES string of the molecule is COC1(CC(=O)C(C#N)CC(C)C)CCC1. The highest BCUT2D eigenvalue weighted by atomic mass is 16.5. The van der Waals surface area contributed by atoms with Gasteiger partial charge in [-0.1, -0.05) is 13.8 Å². The Morgan fingerprint density at radius 3 is 2.44 bits per heavy atom. The minimum atomic E-state index is -0.451. The van der Waals surface area contributed by atoms with Crippen molar-refractivity contribution in [2.24, 2.45) is 11.8 Å². The van der Waals surface area contributed by atoms with Crippen LogP contribution in [0.1, 0.15) is 46.0 Å². The number of hydrogen-bond donors (Lipinski definition) is 0. The lowest BCUT2D eigenvalue weighted by Crippen LogP contribution is -2.42. The summed E-state index contributed by atoms with van der Waals surface area (Å²) in [5.74, 6) is -0.0149. The molecule has 1 aliphatic carbocycles. The molecule has 1 fully saturated rings. The second kappa shape index (κ2) is 5.45. The number of ether oxygens (including phenoxy) is 1. The minimum Gasteiger partial charge on any atom is -0.378 e. The van der Waals surface area contributed by atoms with Gasteiger partial charge in [-0.25, -0.2) is 0 Å². The van der Waals surface area contributed by atoms with Crippen LogP contribution in [0.25, 0.3) is 0 Å². The number of methoxy groups -OCH3 is 1. The summed E-state index contributed by atoms with van der Waals surface area (Å²) in [5.41, 5.74) is -0.247. The summed E-state index contributed by atoms with van der Waals surface area (Å²) in [7, 11) is 1.66. The van der Waals surface area contributed by atoms with Crippen LogP contribution in [-0.4, -0.2) is 18.5 Å². The van der Waals surface area contributed by atoms with Crippen molar-refractivity contribution in [2.45, 2.75) is 51.6 Å². The van der Waals surface area contributed by atoms with Crippen LogP contribution in [0.4, 0.5) is 0 Å². The predicted molar refractivity (Wildman–Crippen MR) is 61.8 cm³/mol. The van der Waals surface area contributed by atoms with Crippen molar-refractivity contribution in [1.29, 1.82) is 5.26 Å². The topological polar surface area (TPSA) is 50.1 Å². The maximum Gasteiger partial charge on any atom is 0.152 e. The highest BCUT2D eigenvalue weighted by molar-refractivity contribution is 5.84. The summed E-state index contributed by atoms with van der Waals surface area (Å²) >= 11 is 0. The molecule has 0 aliphatic heterocycles. The maximum absolute atomic E-state index is 12.0. The Morgan fingerprint density at radius 2 is 2.12 bits per heavy atom. The quantitative estimate of drug-likeness (QED) is 0.695. The molecule has 0 saturated heterocycles. The molecule has 1 aliphatic rings. The molecule has 0 aromatic heterocycles. The second-order valence-corrected chi connectivity index (χ2v) is 5.20. The van der Waals surface area contributed by atoms with E-state index in [1.807, 2.05) is 13.8 Å². The van der Waals surface area contributed by atoms with Crippen molar-refractivity contribution < 1.29 is 9.53 Å². The number of rotatable bonds is 6. The molecule has 1 rings (SSSR count). The summed E-state index contributed by atoms with van der Waals surface area (Å²) in [4.78, 5) is 12.0. The molecule has 1 saturated carbocycles. The van der Waals surface area contributed by atoms with E-state index in [2.05, 4.69) is 6.07 Å². The molecule has 3 nitrogen and oxygen atoms in total. The van der Waals surface area contributed by atoms with Gasteiger partial charge in [0.05, 0.1) is 11.7 Å². The molecule has 0 aromatic rings. The van der Waals surface area contributed by atoms with Gasteiger partial charge in [0.2, 0.25) is 0 Å². The zero-order chi connectivity index (χ0) is 12.2. The fraction of sp³-hybridized carbons (Fsp3) is 0.846. The van der Waals surface area contributed by atoms with E-state index < -0.39 is 5.92 Å². The Morgan fingerprint density at radius 1 is 1.50 bits per heavy atom. The Bertz CT molecular complexity index is 281. The maximum atomic E-state index is 12.0. The third kappa shape index (κ3) is 3.05. The van der Waals surface area contributed by atoms with E-state index in [-0.39, 0.29) is 11.4 Å². The number of nitrogens with zero attached hydrogens (tertiary/aromatic N) is 1. The van der Waals surface area contributed by atoms with E-state index in [0.717, 1.165) is 19.3 Å². The van der Waals surface area contributed by atoms with Crippen LogP contribution in [-0.2, 0) is 9.53 Å². The van der Waals surface area contributed by atoms with E-state index in [4.69, 9.17) is 10.00 Å². The van der Waals surface area contributed by atoms with E-state index in [1.165, 1.54) is 0 Å². The van der Waals surface area contributed by atoms with Crippen molar-refractivity contribution in [3.8, 4) is 6.07 Å². The van der Waals surface area contributed by atoms with E-state index in [1.54, 1.807) is 7.11 Å². The normalized spacial score (nSPS) is 19.9. The monoisotopic (exact) mass is 223 g/mol. The van der Waals surface area contributed by atoms with Crippen molar-refractivity contribution in [3.63, 3.8) is 0 Å². The summed E-state index contributed by atoms with van der Waals surface area (Å²) in [6, 6.07) is 2.12. The molecule has 0 aromatic carbocycles. The van der Waals surface area contributed by atoms with Crippen molar-refractivity contribution in [3.05, 3.63) is 0 Å². The molecule has 1 atom stereocenters. The lowest BCUT2D eigenvalue weighted by molar-refractivity contribution is -0.134. The summed E-state index contributed by atoms with van der Waals surface area (Å²) in [5, 5.41) is 8.99. The van der Waals surface area contributed by atoms with Crippen LogP contribution in [0.2, 0.25) is 0 Å². The Kier molecular flexibility index (Phi) is 4.49. The predicted octanol–water partition coefficient (Wildman–Crippen LogP) is 2.70. The average Bonchev–Trinajstić information content (AvgIpc) is 2.19. The molecular formula is C13H21NO2. The summed E-state index contributed by atoms with van der Waals surface area (Å²) in [6.45, 7) is 4.07. The van der Waals surface area contributed by atoms with Crippen LogP contribution in [0.15, 0.2) is 0 Å². The van der Waals surface area contributed by atoms with Crippen molar-refractivity contribution >= 4 is 5.78 Å². The zero-order valence-corrected chi connectivity index (χ0v) is 10.5. The third-order valence-electron chi connectivity index (χ3n) is 3.45. The highest BCUT2D eigenvalue weighted by Gasteiger charge is 2.40. The van der Waals surface area contributed by atoms with E-state index >= 15 is 0 Å². The lowest BCUT2D eigenvalue weighted by atomic mass is 9.74. The van der Waals surface area contributed by atoms with Gasteiger partial charge in [-0.05, 0) is 31.6 Å².